The third kappa shape index (κ3) is 4.14. The van der Waals surface area contributed by atoms with E-state index in [0.29, 0.717) is 23.6 Å². The van der Waals surface area contributed by atoms with E-state index in [-0.39, 0.29) is 11.5 Å². The first-order valence-electron chi connectivity index (χ1n) is 7.53. The van der Waals surface area contributed by atoms with Crippen molar-refractivity contribution in [1.82, 2.24) is 0 Å². The van der Waals surface area contributed by atoms with E-state index in [4.69, 9.17) is 4.74 Å². The molecule has 4 nitrogen and oxygen atoms in total. The molecule has 0 aliphatic heterocycles. The molecule has 0 saturated carbocycles. The number of aromatic hydroxyl groups is 2. The smallest absolute Gasteiger partial charge is 0.128 e. The Morgan fingerprint density at radius 1 is 0.875 bits per heavy atom. The van der Waals surface area contributed by atoms with Crippen LogP contribution in [0.15, 0.2) is 77.8 Å². The van der Waals surface area contributed by atoms with Gasteiger partial charge in [0.1, 0.15) is 23.9 Å². The first-order chi connectivity index (χ1) is 11.7. The predicted molar refractivity (Wildman–Crippen MR) is 94.2 cm³/mol. The van der Waals surface area contributed by atoms with Crippen LogP contribution in [0.5, 0.6) is 17.2 Å². The first-order valence-corrected chi connectivity index (χ1v) is 7.53. The van der Waals surface area contributed by atoms with E-state index in [9.17, 15) is 10.2 Å². The summed E-state index contributed by atoms with van der Waals surface area (Å²) in [6.45, 7) is 0.441. The summed E-state index contributed by atoms with van der Waals surface area (Å²) >= 11 is 0. The minimum absolute atomic E-state index is 0.0875. The van der Waals surface area contributed by atoms with Crippen LogP contribution in [0, 0.1) is 0 Å². The molecule has 0 atom stereocenters. The van der Waals surface area contributed by atoms with E-state index in [1.54, 1.807) is 48.7 Å². The minimum Gasteiger partial charge on any atom is -0.508 e. The monoisotopic (exact) mass is 319 g/mol. The molecule has 0 aliphatic rings. The lowest BCUT2D eigenvalue weighted by Crippen LogP contribution is -1.95. The lowest BCUT2D eigenvalue weighted by molar-refractivity contribution is 0.304. The van der Waals surface area contributed by atoms with Crippen molar-refractivity contribution in [3.63, 3.8) is 0 Å². The largest absolute Gasteiger partial charge is 0.508 e. The third-order valence-corrected chi connectivity index (χ3v) is 3.43. The standard InChI is InChI=1S/C20H17NO3/c22-18-8-4-7-17(11-18)21-13-16-9-10-19(12-20(16)23)24-14-15-5-2-1-3-6-15/h1-13,22-23H,14H2. The molecular formula is C20H17NO3. The van der Waals surface area contributed by atoms with Gasteiger partial charge in [0.15, 0.2) is 0 Å². The van der Waals surface area contributed by atoms with Crippen LogP contribution in [-0.2, 0) is 6.61 Å². The Kier molecular flexibility index (Phi) is 4.77. The van der Waals surface area contributed by atoms with Gasteiger partial charge in [0.25, 0.3) is 0 Å². The predicted octanol–water partition coefficient (Wildman–Crippen LogP) is 4.43. The summed E-state index contributed by atoms with van der Waals surface area (Å²) in [6, 6.07) is 21.5. The molecule has 0 unspecified atom stereocenters. The van der Waals surface area contributed by atoms with Crippen molar-refractivity contribution >= 4 is 11.9 Å². The lowest BCUT2D eigenvalue weighted by atomic mass is 10.2. The van der Waals surface area contributed by atoms with Crippen LogP contribution in [0.3, 0.4) is 0 Å². The van der Waals surface area contributed by atoms with Crippen molar-refractivity contribution < 1.29 is 14.9 Å². The summed E-state index contributed by atoms with van der Waals surface area (Å²) in [5.41, 5.74) is 2.25. The van der Waals surface area contributed by atoms with Crippen LogP contribution in [0.1, 0.15) is 11.1 Å². The van der Waals surface area contributed by atoms with Crippen molar-refractivity contribution in [3.05, 3.63) is 83.9 Å². The van der Waals surface area contributed by atoms with E-state index in [2.05, 4.69) is 4.99 Å². The maximum Gasteiger partial charge on any atom is 0.128 e. The minimum atomic E-state index is 0.0875. The molecule has 0 heterocycles. The van der Waals surface area contributed by atoms with E-state index in [1.165, 1.54) is 0 Å². The Hall–Kier alpha value is -3.27. The van der Waals surface area contributed by atoms with Gasteiger partial charge < -0.3 is 14.9 Å². The molecule has 0 aliphatic carbocycles. The van der Waals surface area contributed by atoms with Crippen LogP contribution in [0.4, 0.5) is 5.69 Å². The molecule has 0 aromatic heterocycles. The van der Waals surface area contributed by atoms with Gasteiger partial charge in [0.2, 0.25) is 0 Å². The maximum atomic E-state index is 10.1. The topological polar surface area (TPSA) is 62.1 Å². The van der Waals surface area contributed by atoms with Crippen LogP contribution < -0.4 is 4.74 Å². The van der Waals surface area contributed by atoms with Gasteiger partial charge in [-0.15, -0.1) is 0 Å². The number of hydrogen-bond donors (Lipinski definition) is 2. The third-order valence-electron chi connectivity index (χ3n) is 3.43. The number of benzene rings is 3. The Bertz CT molecular complexity index is 845. The summed E-state index contributed by atoms with van der Waals surface area (Å²) in [7, 11) is 0. The van der Waals surface area contributed by atoms with Crippen LogP contribution >= 0.6 is 0 Å². The number of rotatable bonds is 5. The second-order valence-electron chi connectivity index (χ2n) is 5.27. The second-order valence-corrected chi connectivity index (χ2v) is 5.27. The van der Waals surface area contributed by atoms with E-state index < -0.39 is 0 Å². The number of nitrogens with zero attached hydrogens (tertiary/aromatic N) is 1. The second kappa shape index (κ2) is 7.33. The Morgan fingerprint density at radius 2 is 1.71 bits per heavy atom. The molecule has 0 fully saturated rings. The average molecular weight is 319 g/mol. The number of ether oxygens (including phenoxy) is 1. The molecule has 0 saturated heterocycles. The van der Waals surface area contributed by atoms with Gasteiger partial charge >= 0.3 is 0 Å². The molecule has 3 aromatic carbocycles. The van der Waals surface area contributed by atoms with Gasteiger partial charge in [-0.2, -0.15) is 0 Å². The van der Waals surface area contributed by atoms with Crippen molar-refractivity contribution in [2.24, 2.45) is 4.99 Å². The van der Waals surface area contributed by atoms with Gasteiger partial charge in [0, 0.05) is 23.9 Å². The SMILES string of the molecule is Oc1cccc(N=Cc2ccc(OCc3ccccc3)cc2O)c1. The van der Waals surface area contributed by atoms with E-state index in [1.807, 2.05) is 30.3 Å². The molecule has 4 heteroatoms. The molecule has 3 rings (SSSR count). The number of hydrogen-bond acceptors (Lipinski definition) is 4. The van der Waals surface area contributed by atoms with E-state index in [0.717, 1.165) is 5.56 Å². The van der Waals surface area contributed by atoms with Gasteiger partial charge in [0.05, 0.1) is 5.69 Å². The zero-order valence-electron chi connectivity index (χ0n) is 13.0. The number of aliphatic imine (C=N–C) groups is 1. The highest BCUT2D eigenvalue weighted by Crippen LogP contribution is 2.24. The summed E-state index contributed by atoms with van der Waals surface area (Å²) in [5, 5.41) is 19.5. The fourth-order valence-electron chi connectivity index (χ4n) is 2.18. The molecule has 120 valence electrons. The van der Waals surface area contributed by atoms with E-state index >= 15 is 0 Å². The summed E-state index contributed by atoms with van der Waals surface area (Å²) in [4.78, 5) is 4.24. The number of phenolic OH excluding ortho intramolecular Hbond substituents is 2. The fourth-order valence-corrected chi connectivity index (χ4v) is 2.18. The molecule has 3 aromatic rings. The summed E-state index contributed by atoms with van der Waals surface area (Å²) in [5.74, 6) is 0.828. The zero-order chi connectivity index (χ0) is 16.8. The highest BCUT2D eigenvalue weighted by Gasteiger charge is 2.02. The highest BCUT2D eigenvalue weighted by atomic mass is 16.5. The van der Waals surface area contributed by atoms with Gasteiger partial charge in [-0.3, -0.25) is 4.99 Å². The summed E-state index contributed by atoms with van der Waals surface area (Å²) < 4.78 is 5.67. The quantitative estimate of drug-likeness (QED) is 0.684. The molecule has 0 amide bonds. The lowest BCUT2D eigenvalue weighted by Gasteiger charge is -2.07. The maximum absolute atomic E-state index is 10.1. The van der Waals surface area contributed by atoms with Gasteiger partial charge in [-0.25, -0.2) is 0 Å². The normalized spacial score (nSPS) is 10.8. The zero-order valence-corrected chi connectivity index (χ0v) is 13.0. The van der Waals surface area contributed by atoms with Gasteiger partial charge in [-0.05, 0) is 29.8 Å². The average Bonchev–Trinajstić information content (AvgIpc) is 2.60. The fraction of sp³-hybridized carbons (Fsp3) is 0.0500. The number of phenols is 2. The van der Waals surface area contributed by atoms with Crippen molar-refractivity contribution in [2.75, 3.05) is 0 Å². The van der Waals surface area contributed by atoms with Crippen molar-refractivity contribution in [3.8, 4) is 17.2 Å². The van der Waals surface area contributed by atoms with Gasteiger partial charge in [-0.1, -0.05) is 36.4 Å². The van der Waals surface area contributed by atoms with Crippen molar-refractivity contribution in [1.29, 1.82) is 0 Å². The first kappa shape index (κ1) is 15.6. The molecule has 0 bridgehead atoms. The molecule has 0 spiro atoms. The van der Waals surface area contributed by atoms with Crippen LogP contribution in [-0.4, -0.2) is 16.4 Å². The molecule has 24 heavy (non-hydrogen) atoms. The molecule has 0 radical (unpaired) electrons. The van der Waals surface area contributed by atoms with Crippen LogP contribution in [0.25, 0.3) is 0 Å². The van der Waals surface area contributed by atoms with Crippen molar-refractivity contribution in [2.45, 2.75) is 6.61 Å². The molecular weight excluding hydrogens is 302 g/mol. The molecule has 2 N–H and O–H groups in total. The Morgan fingerprint density at radius 3 is 2.46 bits per heavy atom. The highest BCUT2D eigenvalue weighted by molar-refractivity contribution is 5.85. The van der Waals surface area contributed by atoms with Crippen LogP contribution in [0.2, 0.25) is 0 Å². The Labute approximate surface area is 140 Å². The Balaban J connectivity index is 1.68. The summed E-state index contributed by atoms with van der Waals surface area (Å²) in [6.07, 6.45) is 1.55.